The van der Waals surface area contributed by atoms with E-state index >= 15 is 0 Å². The molecular formula is C16H20N2O3. The van der Waals surface area contributed by atoms with Crippen LogP contribution in [-0.2, 0) is 0 Å². The van der Waals surface area contributed by atoms with Gasteiger partial charge in [-0.2, -0.15) is 0 Å². The van der Waals surface area contributed by atoms with Gasteiger partial charge in [-0.1, -0.05) is 6.07 Å². The van der Waals surface area contributed by atoms with Crippen LogP contribution in [0.3, 0.4) is 0 Å². The minimum atomic E-state index is -0.987. The molecule has 0 atom stereocenters. The third kappa shape index (κ3) is 3.97. The monoisotopic (exact) mass is 288 g/mol. The van der Waals surface area contributed by atoms with E-state index in [1.165, 1.54) is 37.8 Å². The highest BCUT2D eigenvalue weighted by Crippen LogP contribution is 2.34. The van der Waals surface area contributed by atoms with Gasteiger partial charge in [-0.25, -0.2) is 9.59 Å². The van der Waals surface area contributed by atoms with E-state index in [1.54, 1.807) is 12.1 Å². The van der Waals surface area contributed by atoms with Crippen molar-refractivity contribution in [3.8, 4) is 0 Å². The molecule has 2 saturated carbocycles. The Kier molecular flexibility index (Phi) is 3.82. The Labute approximate surface area is 123 Å². The van der Waals surface area contributed by atoms with Crippen LogP contribution in [0.4, 0.5) is 10.5 Å². The van der Waals surface area contributed by atoms with Gasteiger partial charge in [0.25, 0.3) is 0 Å². The van der Waals surface area contributed by atoms with Crippen LogP contribution in [0.5, 0.6) is 0 Å². The van der Waals surface area contributed by atoms with Gasteiger partial charge in [0.1, 0.15) is 0 Å². The normalized spacial score (nSPS) is 17.3. The molecule has 0 radical (unpaired) electrons. The number of nitrogens with one attached hydrogen (secondary N) is 1. The van der Waals surface area contributed by atoms with Gasteiger partial charge in [0.2, 0.25) is 0 Å². The molecule has 0 spiro atoms. The number of carboxylic acid groups (broad SMARTS) is 1. The first-order valence-electron chi connectivity index (χ1n) is 7.51. The topological polar surface area (TPSA) is 69.6 Å². The summed E-state index contributed by atoms with van der Waals surface area (Å²) in [6.07, 6.45) is 4.85. The van der Waals surface area contributed by atoms with Crippen molar-refractivity contribution in [1.82, 2.24) is 4.90 Å². The van der Waals surface area contributed by atoms with Gasteiger partial charge in [0.15, 0.2) is 0 Å². The van der Waals surface area contributed by atoms with Crippen LogP contribution in [0, 0.1) is 11.8 Å². The van der Waals surface area contributed by atoms with Crippen LogP contribution in [0.15, 0.2) is 24.3 Å². The summed E-state index contributed by atoms with van der Waals surface area (Å²) in [6, 6.07) is 6.26. The Bertz CT molecular complexity index is 536. The molecule has 5 heteroatoms. The van der Waals surface area contributed by atoms with Gasteiger partial charge in [0, 0.05) is 18.8 Å². The van der Waals surface area contributed by atoms with Crippen molar-refractivity contribution in [2.45, 2.75) is 25.7 Å². The maximum Gasteiger partial charge on any atom is 0.335 e. The predicted molar refractivity (Wildman–Crippen MR) is 79.4 cm³/mol. The van der Waals surface area contributed by atoms with Crippen LogP contribution in [-0.4, -0.2) is 35.1 Å². The summed E-state index contributed by atoms with van der Waals surface area (Å²) in [5.41, 5.74) is 0.722. The van der Waals surface area contributed by atoms with Crippen molar-refractivity contribution in [3.05, 3.63) is 29.8 Å². The Morgan fingerprint density at radius 1 is 1.14 bits per heavy atom. The smallest absolute Gasteiger partial charge is 0.335 e. The number of urea groups is 1. The molecule has 2 aliphatic carbocycles. The van der Waals surface area contributed by atoms with E-state index in [9.17, 15) is 9.59 Å². The number of anilines is 1. The van der Waals surface area contributed by atoms with E-state index in [2.05, 4.69) is 5.32 Å². The summed E-state index contributed by atoms with van der Waals surface area (Å²) in [4.78, 5) is 25.2. The van der Waals surface area contributed by atoms with E-state index < -0.39 is 5.97 Å². The summed E-state index contributed by atoms with van der Waals surface area (Å²) < 4.78 is 0. The molecule has 0 aliphatic heterocycles. The molecule has 0 saturated heterocycles. The van der Waals surface area contributed by atoms with Crippen molar-refractivity contribution >= 4 is 17.7 Å². The zero-order valence-electron chi connectivity index (χ0n) is 11.9. The molecule has 0 unspecified atom stereocenters. The minimum Gasteiger partial charge on any atom is -0.478 e. The number of benzene rings is 1. The Hall–Kier alpha value is -2.04. The molecule has 2 amide bonds. The molecule has 2 aliphatic rings. The molecule has 1 aromatic carbocycles. The lowest BCUT2D eigenvalue weighted by Gasteiger charge is -2.23. The number of carboxylic acids is 1. The minimum absolute atomic E-state index is 0.115. The van der Waals surface area contributed by atoms with Crippen molar-refractivity contribution in [1.29, 1.82) is 0 Å². The van der Waals surface area contributed by atoms with Crippen LogP contribution in [0.2, 0.25) is 0 Å². The molecule has 3 rings (SSSR count). The van der Waals surface area contributed by atoms with Gasteiger partial charge in [-0.05, 0) is 55.7 Å². The van der Waals surface area contributed by atoms with E-state index in [0.717, 1.165) is 13.1 Å². The Balaban J connectivity index is 1.64. The second-order valence-electron chi connectivity index (χ2n) is 6.11. The number of carbonyl (C=O) groups excluding carboxylic acids is 1. The maximum atomic E-state index is 12.4. The predicted octanol–water partition coefficient (Wildman–Crippen LogP) is 3.04. The van der Waals surface area contributed by atoms with Crippen LogP contribution in [0.25, 0.3) is 0 Å². The van der Waals surface area contributed by atoms with Gasteiger partial charge in [-0.3, -0.25) is 0 Å². The molecule has 0 heterocycles. The number of hydrogen-bond donors (Lipinski definition) is 2. The summed E-state index contributed by atoms with van der Waals surface area (Å²) in [7, 11) is 0. The molecule has 2 fully saturated rings. The number of aromatic carboxylic acids is 1. The van der Waals surface area contributed by atoms with Crippen LogP contribution >= 0.6 is 0 Å². The highest BCUT2D eigenvalue weighted by Gasteiger charge is 2.31. The Morgan fingerprint density at radius 3 is 2.29 bits per heavy atom. The number of carbonyl (C=O) groups is 2. The van der Waals surface area contributed by atoms with Gasteiger partial charge in [0.05, 0.1) is 5.56 Å². The first-order chi connectivity index (χ1) is 10.1. The van der Waals surface area contributed by atoms with Gasteiger partial charge >= 0.3 is 12.0 Å². The van der Waals surface area contributed by atoms with E-state index in [0.29, 0.717) is 17.5 Å². The Morgan fingerprint density at radius 2 is 1.76 bits per heavy atom. The molecule has 1 aromatic rings. The molecule has 2 N–H and O–H groups in total. The van der Waals surface area contributed by atoms with Gasteiger partial charge < -0.3 is 15.3 Å². The molecule has 112 valence electrons. The number of nitrogens with zero attached hydrogens (tertiary/aromatic N) is 1. The lowest BCUT2D eigenvalue weighted by Crippen LogP contribution is -2.38. The molecule has 0 bridgehead atoms. The standard InChI is InChI=1S/C16H20N2O3/c19-15(20)13-2-1-3-14(8-13)17-16(21)18(9-11-4-5-11)10-12-6-7-12/h1-3,8,11-12H,4-7,9-10H2,(H,17,21)(H,19,20). The second kappa shape index (κ2) is 5.76. The number of rotatable bonds is 6. The van der Waals surface area contributed by atoms with Crippen molar-refractivity contribution in [2.75, 3.05) is 18.4 Å². The molecule has 0 aromatic heterocycles. The number of amides is 2. The highest BCUT2D eigenvalue weighted by molar-refractivity contribution is 5.93. The largest absolute Gasteiger partial charge is 0.478 e. The average molecular weight is 288 g/mol. The lowest BCUT2D eigenvalue weighted by atomic mass is 10.2. The third-order valence-electron chi connectivity index (χ3n) is 4.00. The highest BCUT2D eigenvalue weighted by atomic mass is 16.4. The zero-order chi connectivity index (χ0) is 14.8. The molecular weight excluding hydrogens is 268 g/mol. The molecule has 21 heavy (non-hydrogen) atoms. The van der Waals surface area contributed by atoms with Crippen LogP contribution in [0.1, 0.15) is 36.0 Å². The summed E-state index contributed by atoms with van der Waals surface area (Å²) in [6.45, 7) is 1.64. The quantitative estimate of drug-likeness (QED) is 0.845. The van der Waals surface area contributed by atoms with Crippen LogP contribution < -0.4 is 5.32 Å². The first-order valence-corrected chi connectivity index (χ1v) is 7.51. The van der Waals surface area contributed by atoms with Crippen molar-refractivity contribution in [3.63, 3.8) is 0 Å². The fraction of sp³-hybridized carbons (Fsp3) is 0.500. The maximum absolute atomic E-state index is 12.4. The number of hydrogen-bond acceptors (Lipinski definition) is 2. The fourth-order valence-corrected chi connectivity index (χ4v) is 2.40. The zero-order valence-corrected chi connectivity index (χ0v) is 11.9. The lowest BCUT2D eigenvalue weighted by molar-refractivity contribution is 0.0697. The summed E-state index contributed by atoms with van der Waals surface area (Å²) >= 11 is 0. The third-order valence-corrected chi connectivity index (χ3v) is 4.00. The van der Waals surface area contributed by atoms with E-state index in [1.807, 2.05) is 4.90 Å². The second-order valence-corrected chi connectivity index (χ2v) is 6.11. The first kappa shape index (κ1) is 13.9. The molecule has 5 nitrogen and oxygen atoms in total. The van der Waals surface area contributed by atoms with Crippen molar-refractivity contribution in [2.24, 2.45) is 11.8 Å². The summed E-state index contributed by atoms with van der Waals surface area (Å²) in [5, 5.41) is 11.8. The van der Waals surface area contributed by atoms with E-state index in [-0.39, 0.29) is 11.6 Å². The fourth-order valence-electron chi connectivity index (χ4n) is 2.40. The average Bonchev–Trinajstić information content (AvgIpc) is 3.33. The van der Waals surface area contributed by atoms with Gasteiger partial charge in [-0.15, -0.1) is 0 Å². The van der Waals surface area contributed by atoms with Crippen molar-refractivity contribution < 1.29 is 14.7 Å². The van der Waals surface area contributed by atoms with E-state index in [4.69, 9.17) is 5.11 Å². The SMILES string of the molecule is O=C(O)c1cccc(NC(=O)N(CC2CC2)CC2CC2)c1. The summed E-state index contributed by atoms with van der Waals surface area (Å²) in [5.74, 6) is 0.318.